The number of amides is 2. The van der Waals surface area contributed by atoms with Crippen LogP contribution in [0.2, 0.25) is 0 Å². The Morgan fingerprint density at radius 1 is 0.938 bits per heavy atom. The van der Waals surface area contributed by atoms with E-state index in [4.69, 9.17) is 9.47 Å². The molecule has 3 aromatic rings. The molecule has 3 rings (SSSR count). The van der Waals surface area contributed by atoms with Gasteiger partial charge >= 0.3 is 0 Å². The van der Waals surface area contributed by atoms with E-state index in [0.717, 1.165) is 21.9 Å². The number of methoxy groups -OCH3 is 2. The van der Waals surface area contributed by atoms with Crippen molar-refractivity contribution in [3.8, 4) is 22.8 Å². The van der Waals surface area contributed by atoms with E-state index in [1.807, 2.05) is 45.0 Å². The Labute approximate surface area is 191 Å². The summed E-state index contributed by atoms with van der Waals surface area (Å²) >= 11 is 1.40. The Bertz CT molecular complexity index is 1080. The van der Waals surface area contributed by atoms with Gasteiger partial charge in [0.1, 0.15) is 17.5 Å². The second kappa shape index (κ2) is 10.3. The smallest absolute Gasteiger partial charge is 0.251 e. The van der Waals surface area contributed by atoms with Crippen molar-refractivity contribution >= 4 is 28.3 Å². The van der Waals surface area contributed by atoms with Crippen LogP contribution in [0, 0.1) is 12.8 Å². The van der Waals surface area contributed by atoms with E-state index >= 15 is 0 Å². The Balaban J connectivity index is 1.72. The molecule has 2 N–H and O–H groups in total. The molecule has 1 atom stereocenters. The summed E-state index contributed by atoms with van der Waals surface area (Å²) < 4.78 is 10.3. The van der Waals surface area contributed by atoms with Crippen molar-refractivity contribution in [1.29, 1.82) is 0 Å². The van der Waals surface area contributed by atoms with E-state index in [1.165, 1.54) is 11.3 Å². The van der Waals surface area contributed by atoms with Crippen molar-refractivity contribution < 1.29 is 19.1 Å². The van der Waals surface area contributed by atoms with E-state index in [-0.39, 0.29) is 17.7 Å². The van der Waals surface area contributed by atoms with Crippen LogP contribution >= 0.6 is 11.3 Å². The lowest BCUT2D eigenvalue weighted by Crippen LogP contribution is -2.47. The largest absolute Gasteiger partial charge is 0.497 e. The molecule has 0 spiro atoms. The third-order valence-electron chi connectivity index (χ3n) is 4.98. The number of benzene rings is 2. The molecule has 7 nitrogen and oxygen atoms in total. The van der Waals surface area contributed by atoms with Gasteiger partial charge in [-0.05, 0) is 61.4 Å². The van der Waals surface area contributed by atoms with Gasteiger partial charge in [-0.1, -0.05) is 13.8 Å². The molecule has 0 aliphatic rings. The van der Waals surface area contributed by atoms with Crippen molar-refractivity contribution in [2.45, 2.75) is 26.8 Å². The molecule has 1 aromatic heterocycles. The summed E-state index contributed by atoms with van der Waals surface area (Å²) in [4.78, 5) is 31.2. The SMILES string of the molecule is COc1ccc(C(=O)N[C@@H](C(=O)Nc2nc(-c3ccc(OC)cc3)c(C)s2)C(C)C)cc1. The number of carbonyl (C=O) groups is 2. The van der Waals surface area contributed by atoms with Gasteiger partial charge in [0.15, 0.2) is 5.13 Å². The van der Waals surface area contributed by atoms with E-state index in [2.05, 4.69) is 15.6 Å². The highest BCUT2D eigenvalue weighted by atomic mass is 32.1. The molecular formula is C24H27N3O4S. The summed E-state index contributed by atoms with van der Waals surface area (Å²) in [6, 6.07) is 13.6. The van der Waals surface area contributed by atoms with Crippen molar-refractivity contribution in [3.05, 3.63) is 59.0 Å². The molecule has 0 bridgehead atoms. The fraction of sp³-hybridized carbons (Fsp3) is 0.292. The second-order valence-electron chi connectivity index (χ2n) is 7.57. The fourth-order valence-corrected chi connectivity index (χ4v) is 3.99. The highest BCUT2D eigenvalue weighted by Crippen LogP contribution is 2.31. The second-order valence-corrected chi connectivity index (χ2v) is 8.77. The first-order chi connectivity index (χ1) is 15.3. The predicted octanol–water partition coefficient (Wildman–Crippen LogP) is 4.53. The Morgan fingerprint density at radius 3 is 2.03 bits per heavy atom. The number of hydrogen-bond donors (Lipinski definition) is 2. The Hall–Kier alpha value is -3.39. The van der Waals surface area contributed by atoms with Gasteiger partial charge in [0, 0.05) is 16.0 Å². The van der Waals surface area contributed by atoms with E-state index in [0.29, 0.717) is 16.4 Å². The van der Waals surface area contributed by atoms with Crippen LogP contribution < -0.4 is 20.1 Å². The average Bonchev–Trinajstić information content (AvgIpc) is 3.16. The molecule has 32 heavy (non-hydrogen) atoms. The topological polar surface area (TPSA) is 89.5 Å². The highest BCUT2D eigenvalue weighted by Gasteiger charge is 2.26. The number of nitrogens with zero attached hydrogens (tertiary/aromatic N) is 1. The normalized spacial score (nSPS) is 11.7. The molecule has 0 fully saturated rings. The predicted molar refractivity (Wildman–Crippen MR) is 127 cm³/mol. The van der Waals surface area contributed by atoms with Crippen LogP contribution in [0.15, 0.2) is 48.5 Å². The van der Waals surface area contributed by atoms with Gasteiger partial charge in [-0.2, -0.15) is 0 Å². The van der Waals surface area contributed by atoms with Gasteiger partial charge in [0.2, 0.25) is 5.91 Å². The van der Waals surface area contributed by atoms with Gasteiger partial charge in [-0.25, -0.2) is 4.98 Å². The number of carbonyl (C=O) groups excluding carboxylic acids is 2. The summed E-state index contributed by atoms with van der Waals surface area (Å²) in [5, 5.41) is 6.18. The molecular weight excluding hydrogens is 426 g/mol. The van der Waals surface area contributed by atoms with Crippen LogP contribution in [0.25, 0.3) is 11.3 Å². The maximum absolute atomic E-state index is 13.0. The number of aryl methyl sites for hydroxylation is 1. The van der Waals surface area contributed by atoms with Crippen molar-refractivity contribution in [1.82, 2.24) is 10.3 Å². The molecule has 0 unspecified atom stereocenters. The van der Waals surface area contributed by atoms with Crippen LogP contribution in [0.1, 0.15) is 29.1 Å². The minimum absolute atomic E-state index is 0.112. The molecule has 0 aliphatic heterocycles. The molecule has 2 aromatic carbocycles. The Morgan fingerprint density at radius 2 is 1.50 bits per heavy atom. The minimum Gasteiger partial charge on any atom is -0.497 e. The maximum atomic E-state index is 13.0. The van der Waals surface area contributed by atoms with Crippen LogP contribution in [0.3, 0.4) is 0 Å². The van der Waals surface area contributed by atoms with Gasteiger partial charge in [0.05, 0.1) is 19.9 Å². The lowest BCUT2D eigenvalue weighted by molar-refractivity contribution is -0.118. The minimum atomic E-state index is -0.710. The quantitative estimate of drug-likeness (QED) is 0.523. The number of thiazole rings is 1. The van der Waals surface area contributed by atoms with Crippen LogP contribution in [0.4, 0.5) is 5.13 Å². The summed E-state index contributed by atoms with van der Waals surface area (Å²) in [5.74, 6) is 0.681. The molecule has 0 saturated heterocycles. The number of anilines is 1. The molecule has 0 saturated carbocycles. The van der Waals surface area contributed by atoms with E-state index in [1.54, 1.807) is 38.5 Å². The molecule has 168 valence electrons. The van der Waals surface area contributed by atoms with Gasteiger partial charge in [-0.15, -0.1) is 11.3 Å². The van der Waals surface area contributed by atoms with Gasteiger partial charge < -0.3 is 20.1 Å². The average molecular weight is 454 g/mol. The first-order valence-electron chi connectivity index (χ1n) is 10.2. The van der Waals surface area contributed by atoms with Crippen molar-refractivity contribution in [2.24, 2.45) is 5.92 Å². The molecule has 2 amide bonds. The highest BCUT2D eigenvalue weighted by molar-refractivity contribution is 7.16. The standard InChI is InChI=1S/C24H27N3O4S/c1-14(2)20(25-22(28)17-8-12-19(31-5)13-9-17)23(29)27-24-26-21(15(3)32-24)16-6-10-18(30-4)11-7-16/h6-14,20H,1-5H3,(H,25,28)(H,26,27,29)/t20-/m1/s1. The lowest BCUT2D eigenvalue weighted by Gasteiger charge is -2.21. The number of nitrogens with one attached hydrogen (secondary N) is 2. The summed E-state index contributed by atoms with van der Waals surface area (Å²) in [6.45, 7) is 5.72. The molecule has 8 heteroatoms. The molecule has 0 radical (unpaired) electrons. The van der Waals surface area contributed by atoms with Crippen molar-refractivity contribution in [2.75, 3.05) is 19.5 Å². The first-order valence-corrected chi connectivity index (χ1v) is 11.0. The zero-order valence-electron chi connectivity index (χ0n) is 18.8. The first kappa shape index (κ1) is 23.3. The van der Waals surface area contributed by atoms with E-state index < -0.39 is 6.04 Å². The fourth-order valence-electron chi connectivity index (χ4n) is 3.15. The van der Waals surface area contributed by atoms with Crippen LogP contribution in [0.5, 0.6) is 11.5 Å². The molecule has 1 heterocycles. The summed E-state index contributed by atoms with van der Waals surface area (Å²) in [6.07, 6.45) is 0. The number of aromatic nitrogens is 1. The third kappa shape index (κ3) is 5.45. The third-order valence-corrected chi connectivity index (χ3v) is 5.86. The number of rotatable bonds is 8. The Kier molecular flexibility index (Phi) is 7.48. The van der Waals surface area contributed by atoms with Crippen molar-refractivity contribution in [3.63, 3.8) is 0 Å². The molecule has 0 aliphatic carbocycles. The van der Waals surface area contributed by atoms with Gasteiger partial charge in [-0.3, -0.25) is 9.59 Å². The number of ether oxygens (including phenoxy) is 2. The maximum Gasteiger partial charge on any atom is 0.251 e. The van der Waals surface area contributed by atoms with Gasteiger partial charge in [0.25, 0.3) is 5.91 Å². The van der Waals surface area contributed by atoms with Crippen LogP contribution in [-0.4, -0.2) is 37.1 Å². The summed E-state index contributed by atoms with van der Waals surface area (Å²) in [7, 11) is 3.18. The monoisotopic (exact) mass is 453 g/mol. The summed E-state index contributed by atoms with van der Waals surface area (Å²) in [5.41, 5.74) is 2.20. The van der Waals surface area contributed by atoms with Crippen LogP contribution in [-0.2, 0) is 4.79 Å². The lowest BCUT2D eigenvalue weighted by atomic mass is 10.0. The zero-order valence-corrected chi connectivity index (χ0v) is 19.6. The number of hydrogen-bond acceptors (Lipinski definition) is 6. The van der Waals surface area contributed by atoms with E-state index in [9.17, 15) is 9.59 Å². The zero-order chi connectivity index (χ0) is 23.3.